The van der Waals surface area contributed by atoms with Crippen LogP contribution >= 0.6 is 0 Å². The summed E-state index contributed by atoms with van der Waals surface area (Å²) in [5.41, 5.74) is -0.844. The molecule has 0 N–H and O–H groups in total. The molecule has 3 aliphatic rings. The maximum Gasteiger partial charge on any atom is 0.261 e. The number of halogens is 3. The van der Waals surface area contributed by atoms with Crippen LogP contribution in [0.1, 0.15) is 60.4 Å². The van der Waals surface area contributed by atoms with Crippen molar-refractivity contribution < 1.29 is 31.1 Å². The Bertz CT molecular complexity index is 924. The lowest BCUT2D eigenvalue weighted by Gasteiger charge is -2.22. The van der Waals surface area contributed by atoms with Gasteiger partial charge in [0.1, 0.15) is 23.9 Å². The molecule has 0 spiro atoms. The van der Waals surface area contributed by atoms with Crippen LogP contribution in [0, 0.1) is 17.2 Å². The van der Waals surface area contributed by atoms with Crippen molar-refractivity contribution in [3.63, 3.8) is 0 Å². The lowest BCUT2D eigenvalue weighted by Crippen LogP contribution is -2.23. The third-order valence-corrected chi connectivity index (χ3v) is 7.13. The number of carbonyl (C=O) groups is 1. The summed E-state index contributed by atoms with van der Waals surface area (Å²) in [5.74, 6) is -5.60. The van der Waals surface area contributed by atoms with E-state index in [1.807, 2.05) is 0 Å². The fraction of sp³-hybridized carbons (Fsp3) is 0.650. The highest BCUT2D eigenvalue weighted by atomic mass is 32.2. The summed E-state index contributed by atoms with van der Waals surface area (Å²) >= 11 is 0. The highest BCUT2D eigenvalue weighted by Gasteiger charge is 2.80. The van der Waals surface area contributed by atoms with Crippen molar-refractivity contribution in [3.8, 4) is 5.75 Å². The van der Waals surface area contributed by atoms with E-state index in [9.17, 15) is 26.4 Å². The molecule has 0 heterocycles. The average Bonchev–Trinajstić information content (AvgIpc) is 3.49. The van der Waals surface area contributed by atoms with Crippen LogP contribution < -0.4 is 4.74 Å². The third-order valence-electron chi connectivity index (χ3n) is 6.35. The molecule has 0 aromatic heterocycles. The Morgan fingerprint density at radius 2 is 1.93 bits per heavy atom. The molecular formula is C20H23F3O4S. The lowest BCUT2D eigenvalue weighted by atomic mass is 9.89. The number of hydrogen-bond acceptors (Lipinski definition) is 4. The number of fused-ring (bicyclic) bond motifs is 1. The molecule has 0 amide bonds. The van der Waals surface area contributed by atoms with E-state index in [-0.39, 0.29) is 23.8 Å². The molecule has 1 aromatic carbocycles. The van der Waals surface area contributed by atoms with E-state index >= 15 is 0 Å². The number of rotatable bonds is 7. The van der Waals surface area contributed by atoms with Crippen molar-refractivity contribution >= 4 is 15.6 Å². The van der Waals surface area contributed by atoms with Crippen molar-refractivity contribution in [2.24, 2.45) is 11.3 Å². The van der Waals surface area contributed by atoms with Gasteiger partial charge < -0.3 is 4.74 Å². The Hall–Kier alpha value is -1.57. The minimum atomic E-state index is -3.59. The van der Waals surface area contributed by atoms with Gasteiger partial charge in [-0.25, -0.2) is 21.6 Å². The van der Waals surface area contributed by atoms with E-state index in [0.29, 0.717) is 18.4 Å². The standard InChI is InChI=1S/C20H23F3O4S/c1-28(25,26)10-16(24)14-8-13(12-5-6-12)17(9-15(14)21)27-11-19-7-3-2-4-18(19)20(19,22)23/h8-9,12,18H,2-7,10-11H2,1H3. The predicted octanol–water partition coefficient (Wildman–Crippen LogP) is 4.13. The Labute approximate surface area is 162 Å². The number of sulfone groups is 1. The monoisotopic (exact) mass is 416 g/mol. The van der Waals surface area contributed by atoms with Gasteiger partial charge in [-0.15, -0.1) is 0 Å². The van der Waals surface area contributed by atoms with Crippen LogP contribution in [-0.2, 0) is 9.84 Å². The molecule has 3 fully saturated rings. The highest BCUT2D eigenvalue weighted by Crippen LogP contribution is 2.72. The fourth-order valence-corrected chi connectivity index (χ4v) is 5.23. The molecule has 3 saturated carbocycles. The van der Waals surface area contributed by atoms with Gasteiger partial charge in [-0.05, 0) is 43.2 Å². The second-order valence-electron chi connectivity index (χ2n) is 8.50. The van der Waals surface area contributed by atoms with Crippen LogP contribution in [0.4, 0.5) is 13.2 Å². The topological polar surface area (TPSA) is 60.4 Å². The largest absolute Gasteiger partial charge is 0.492 e. The molecule has 2 atom stereocenters. The van der Waals surface area contributed by atoms with Crippen molar-refractivity contribution in [1.29, 1.82) is 0 Å². The van der Waals surface area contributed by atoms with Crippen molar-refractivity contribution in [2.75, 3.05) is 18.6 Å². The Balaban J connectivity index is 1.58. The smallest absolute Gasteiger partial charge is 0.261 e. The molecule has 0 aliphatic heterocycles. The lowest BCUT2D eigenvalue weighted by molar-refractivity contribution is 0.0368. The van der Waals surface area contributed by atoms with E-state index < -0.39 is 44.4 Å². The summed E-state index contributed by atoms with van der Waals surface area (Å²) in [4.78, 5) is 12.2. The number of benzene rings is 1. The second kappa shape index (κ2) is 6.47. The minimum Gasteiger partial charge on any atom is -0.492 e. The van der Waals surface area contributed by atoms with Crippen LogP contribution in [0.25, 0.3) is 0 Å². The summed E-state index contributed by atoms with van der Waals surface area (Å²) < 4.78 is 71.5. The van der Waals surface area contributed by atoms with Gasteiger partial charge in [0.2, 0.25) is 0 Å². The molecular weight excluding hydrogens is 393 g/mol. The number of carbonyl (C=O) groups excluding carboxylic acids is 1. The van der Waals surface area contributed by atoms with Gasteiger partial charge in [-0.2, -0.15) is 0 Å². The molecule has 1 aromatic rings. The highest BCUT2D eigenvalue weighted by molar-refractivity contribution is 7.91. The first kappa shape index (κ1) is 19.7. The molecule has 2 unspecified atom stereocenters. The van der Waals surface area contributed by atoms with Crippen molar-refractivity contribution in [2.45, 2.75) is 50.4 Å². The SMILES string of the molecule is CS(=O)(=O)CC(=O)c1cc(C2CC2)c(OCC23CCCCC2C3(F)F)cc1F. The zero-order valence-corrected chi connectivity index (χ0v) is 16.5. The van der Waals surface area contributed by atoms with Gasteiger partial charge >= 0.3 is 0 Å². The van der Waals surface area contributed by atoms with Crippen molar-refractivity contribution in [1.82, 2.24) is 0 Å². The zero-order chi connectivity index (χ0) is 20.3. The van der Waals surface area contributed by atoms with E-state index in [2.05, 4.69) is 0 Å². The second-order valence-corrected chi connectivity index (χ2v) is 10.6. The third kappa shape index (κ3) is 3.33. The van der Waals surface area contributed by atoms with Gasteiger partial charge in [-0.3, -0.25) is 4.79 Å². The summed E-state index contributed by atoms with van der Waals surface area (Å²) in [6, 6.07) is 2.40. The molecule has 8 heteroatoms. The maximum absolute atomic E-state index is 14.5. The minimum absolute atomic E-state index is 0.0831. The number of hydrogen-bond donors (Lipinski definition) is 0. The molecule has 4 nitrogen and oxygen atoms in total. The normalized spacial score (nSPS) is 28.5. The van der Waals surface area contributed by atoms with Gasteiger partial charge in [0.05, 0.1) is 11.0 Å². The van der Waals surface area contributed by atoms with Gasteiger partial charge in [0.25, 0.3) is 5.92 Å². The Kier molecular flexibility index (Phi) is 4.56. The first-order chi connectivity index (χ1) is 13.1. The van der Waals surface area contributed by atoms with Crippen molar-refractivity contribution in [3.05, 3.63) is 29.1 Å². The quantitative estimate of drug-likeness (QED) is 0.627. The maximum atomic E-state index is 14.5. The molecule has 0 bridgehead atoms. The molecule has 4 rings (SSSR count). The van der Waals surface area contributed by atoms with Crippen LogP contribution in [0.2, 0.25) is 0 Å². The molecule has 28 heavy (non-hydrogen) atoms. The van der Waals surface area contributed by atoms with Gasteiger partial charge in [0, 0.05) is 18.2 Å². The van der Waals surface area contributed by atoms with Crippen LogP contribution in [0.5, 0.6) is 5.75 Å². The van der Waals surface area contributed by atoms with E-state index in [1.54, 1.807) is 0 Å². The number of ether oxygens (including phenoxy) is 1. The molecule has 3 aliphatic carbocycles. The van der Waals surface area contributed by atoms with Crippen LogP contribution in [0.15, 0.2) is 12.1 Å². The van der Waals surface area contributed by atoms with E-state index in [0.717, 1.165) is 38.0 Å². The van der Waals surface area contributed by atoms with Gasteiger partial charge in [0.15, 0.2) is 15.6 Å². The summed E-state index contributed by atoms with van der Waals surface area (Å²) in [6.07, 6.45) is 5.00. The first-order valence-corrected chi connectivity index (χ1v) is 11.7. The number of Topliss-reactive ketones (excluding diaryl/α,β-unsaturated/α-hetero) is 1. The Morgan fingerprint density at radius 3 is 2.54 bits per heavy atom. The molecule has 0 radical (unpaired) electrons. The van der Waals surface area contributed by atoms with Crippen LogP contribution in [-0.4, -0.2) is 38.7 Å². The van der Waals surface area contributed by atoms with Crippen LogP contribution in [0.3, 0.4) is 0 Å². The zero-order valence-electron chi connectivity index (χ0n) is 15.6. The number of alkyl halides is 2. The number of ketones is 1. The first-order valence-electron chi connectivity index (χ1n) is 9.60. The molecule has 0 saturated heterocycles. The average molecular weight is 416 g/mol. The summed E-state index contributed by atoms with van der Waals surface area (Å²) in [5, 5.41) is 0. The molecule has 154 valence electrons. The summed E-state index contributed by atoms with van der Waals surface area (Å²) in [7, 11) is -3.59. The van der Waals surface area contributed by atoms with E-state index in [1.165, 1.54) is 6.07 Å². The predicted molar refractivity (Wildman–Crippen MR) is 97.2 cm³/mol. The summed E-state index contributed by atoms with van der Waals surface area (Å²) in [6.45, 7) is -0.166. The van der Waals surface area contributed by atoms with E-state index in [4.69, 9.17) is 4.74 Å². The fourth-order valence-electron chi connectivity index (χ4n) is 4.59. The Morgan fingerprint density at radius 1 is 1.21 bits per heavy atom. The van der Waals surface area contributed by atoms with Gasteiger partial charge in [-0.1, -0.05) is 12.8 Å².